The first-order chi connectivity index (χ1) is 11.4. The number of carboxylic acids is 1. The highest BCUT2D eigenvalue weighted by atomic mass is 16.6. The molecule has 0 aliphatic rings. The number of hydrogen-bond acceptors (Lipinski definition) is 5. The van der Waals surface area contributed by atoms with Crippen LogP contribution in [0.25, 0.3) is 6.08 Å². The first kappa shape index (κ1) is 17.0. The minimum atomic E-state index is -1.06. The van der Waals surface area contributed by atoms with Gasteiger partial charge in [0.25, 0.3) is 5.69 Å². The minimum absolute atomic E-state index is 0.0336. The van der Waals surface area contributed by atoms with E-state index in [9.17, 15) is 19.7 Å². The summed E-state index contributed by atoms with van der Waals surface area (Å²) in [6, 6.07) is 10.6. The fourth-order valence-electron chi connectivity index (χ4n) is 1.99. The van der Waals surface area contributed by atoms with E-state index in [1.165, 1.54) is 60.7 Å². The number of carbonyl (C=O) groups excluding carboxylic acids is 1. The molecule has 0 aromatic heterocycles. The van der Waals surface area contributed by atoms with Crippen molar-refractivity contribution in [1.29, 1.82) is 0 Å². The predicted molar refractivity (Wildman–Crippen MR) is 87.5 cm³/mol. The van der Waals surface area contributed by atoms with Crippen LogP contribution < -0.4 is 5.73 Å². The summed E-state index contributed by atoms with van der Waals surface area (Å²) in [5.41, 5.74) is 7.06. The third-order valence-corrected chi connectivity index (χ3v) is 3.37. The molecule has 24 heavy (non-hydrogen) atoms. The van der Waals surface area contributed by atoms with E-state index >= 15 is 0 Å². The number of carboxylic acid groups (broad SMARTS) is 1. The van der Waals surface area contributed by atoms with Gasteiger partial charge in [0, 0.05) is 12.1 Å². The maximum atomic E-state index is 12.1. The van der Waals surface area contributed by atoms with E-state index in [0.717, 1.165) is 0 Å². The van der Waals surface area contributed by atoms with Gasteiger partial charge in [-0.15, -0.1) is 0 Å². The van der Waals surface area contributed by atoms with Gasteiger partial charge in [-0.05, 0) is 41.5 Å². The van der Waals surface area contributed by atoms with Crippen molar-refractivity contribution in [2.45, 2.75) is 6.04 Å². The first-order valence-electron chi connectivity index (χ1n) is 6.93. The topological polar surface area (TPSA) is 124 Å². The summed E-state index contributed by atoms with van der Waals surface area (Å²) in [5, 5.41) is 19.4. The molecule has 0 bridgehead atoms. The number of nitro benzene ring substituents is 1. The number of hydrogen-bond donors (Lipinski definition) is 2. The van der Waals surface area contributed by atoms with Gasteiger partial charge in [0.05, 0.1) is 16.5 Å². The van der Waals surface area contributed by atoms with Crippen LogP contribution in [0.5, 0.6) is 0 Å². The number of ketones is 1. The third-order valence-electron chi connectivity index (χ3n) is 3.37. The summed E-state index contributed by atoms with van der Waals surface area (Å²) in [6.45, 7) is 0. The van der Waals surface area contributed by atoms with Gasteiger partial charge in [-0.1, -0.05) is 18.2 Å². The van der Waals surface area contributed by atoms with Crippen LogP contribution in [0, 0.1) is 10.1 Å². The van der Waals surface area contributed by atoms with Crippen molar-refractivity contribution in [3.63, 3.8) is 0 Å². The SMILES string of the molecule is NC(C(=O)C=Cc1ccc([N+](=O)[O-])cc1)c1ccc(C(=O)O)cc1. The van der Waals surface area contributed by atoms with Gasteiger partial charge in [0.15, 0.2) is 5.78 Å². The van der Waals surface area contributed by atoms with E-state index in [1.54, 1.807) is 0 Å². The van der Waals surface area contributed by atoms with E-state index in [-0.39, 0.29) is 17.0 Å². The molecule has 0 heterocycles. The molecular weight excluding hydrogens is 312 g/mol. The van der Waals surface area contributed by atoms with Gasteiger partial charge in [0.2, 0.25) is 0 Å². The maximum absolute atomic E-state index is 12.1. The lowest BCUT2D eigenvalue weighted by Crippen LogP contribution is -2.19. The van der Waals surface area contributed by atoms with Crippen molar-refractivity contribution in [3.8, 4) is 0 Å². The van der Waals surface area contributed by atoms with Gasteiger partial charge < -0.3 is 10.8 Å². The molecule has 2 rings (SSSR count). The maximum Gasteiger partial charge on any atom is 0.335 e. The Morgan fingerprint density at radius 2 is 1.67 bits per heavy atom. The fraction of sp³-hybridized carbons (Fsp3) is 0.0588. The minimum Gasteiger partial charge on any atom is -0.478 e. The molecule has 0 saturated heterocycles. The summed E-state index contributed by atoms with van der Waals surface area (Å²) in [5.74, 6) is -1.42. The van der Waals surface area contributed by atoms with Gasteiger partial charge in [-0.25, -0.2) is 4.79 Å². The molecule has 0 radical (unpaired) electrons. The molecule has 0 fully saturated rings. The van der Waals surface area contributed by atoms with Crippen LogP contribution in [0.4, 0.5) is 5.69 Å². The summed E-state index contributed by atoms with van der Waals surface area (Å²) in [7, 11) is 0. The zero-order chi connectivity index (χ0) is 17.7. The Morgan fingerprint density at radius 3 is 2.17 bits per heavy atom. The van der Waals surface area contributed by atoms with Crippen molar-refractivity contribution >= 4 is 23.5 Å². The zero-order valence-electron chi connectivity index (χ0n) is 12.5. The average Bonchev–Trinajstić information content (AvgIpc) is 2.59. The van der Waals surface area contributed by atoms with Crippen molar-refractivity contribution in [2.24, 2.45) is 5.73 Å². The van der Waals surface area contributed by atoms with E-state index in [2.05, 4.69) is 0 Å². The van der Waals surface area contributed by atoms with Gasteiger partial charge in [0.1, 0.15) is 0 Å². The normalized spacial score (nSPS) is 12.0. The van der Waals surface area contributed by atoms with Crippen molar-refractivity contribution in [2.75, 3.05) is 0 Å². The van der Waals surface area contributed by atoms with Crippen LogP contribution in [0.3, 0.4) is 0 Å². The lowest BCUT2D eigenvalue weighted by atomic mass is 10.0. The van der Waals surface area contributed by atoms with Crippen molar-refractivity contribution in [1.82, 2.24) is 0 Å². The Balaban J connectivity index is 2.07. The fourth-order valence-corrected chi connectivity index (χ4v) is 1.99. The van der Waals surface area contributed by atoms with Gasteiger partial charge >= 0.3 is 5.97 Å². The van der Waals surface area contributed by atoms with Crippen LogP contribution in [0.1, 0.15) is 27.5 Å². The van der Waals surface area contributed by atoms with E-state index < -0.39 is 16.9 Å². The van der Waals surface area contributed by atoms with Gasteiger partial charge in [-0.2, -0.15) is 0 Å². The summed E-state index contributed by atoms with van der Waals surface area (Å²) >= 11 is 0. The van der Waals surface area contributed by atoms with Gasteiger partial charge in [-0.3, -0.25) is 14.9 Å². The first-order valence-corrected chi connectivity index (χ1v) is 6.93. The summed E-state index contributed by atoms with van der Waals surface area (Å²) in [4.78, 5) is 32.9. The van der Waals surface area contributed by atoms with E-state index in [1.807, 2.05) is 0 Å². The average molecular weight is 326 g/mol. The highest BCUT2D eigenvalue weighted by Gasteiger charge is 2.14. The monoisotopic (exact) mass is 326 g/mol. The molecule has 2 aromatic rings. The van der Waals surface area contributed by atoms with Crippen LogP contribution in [0.2, 0.25) is 0 Å². The van der Waals surface area contributed by atoms with E-state index in [0.29, 0.717) is 11.1 Å². The number of aromatic carboxylic acids is 1. The third kappa shape index (κ3) is 4.11. The summed E-state index contributed by atoms with van der Waals surface area (Å²) < 4.78 is 0. The number of nitrogens with two attached hydrogens (primary N) is 1. The molecule has 0 aliphatic carbocycles. The molecule has 122 valence electrons. The molecule has 0 aliphatic heterocycles. The van der Waals surface area contributed by atoms with Crippen LogP contribution in [-0.4, -0.2) is 21.8 Å². The standard InChI is InChI=1S/C17H14N2O5/c18-16(12-4-6-13(7-5-12)17(21)22)15(20)10-3-11-1-8-14(9-2-11)19(23)24/h1-10,16H,18H2,(H,21,22). The molecule has 0 saturated carbocycles. The molecule has 1 atom stereocenters. The molecule has 1 unspecified atom stereocenters. The van der Waals surface area contributed by atoms with E-state index in [4.69, 9.17) is 10.8 Å². The second-order valence-corrected chi connectivity index (χ2v) is 4.99. The Hall–Kier alpha value is -3.32. The number of nitrogens with zero attached hydrogens (tertiary/aromatic N) is 1. The highest BCUT2D eigenvalue weighted by Crippen LogP contribution is 2.16. The number of rotatable bonds is 6. The van der Waals surface area contributed by atoms with Crippen LogP contribution in [-0.2, 0) is 4.79 Å². The molecular formula is C17H14N2O5. The number of non-ortho nitro benzene ring substituents is 1. The highest BCUT2D eigenvalue weighted by molar-refractivity contribution is 5.98. The number of nitro groups is 1. The second kappa shape index (κ2) is 7.30. The quantitative estimate of drug-likeness (QED) is 0.477. The lowest BCUT2D eigenvalue weighted by Gasteiger charge is -2.08. The number of benzene rings is 2. The molecule has 7 heteroatoms. The Morgan fingerprint density at radius 1 is 1.08 bits per heavy atom. The summed E-state index contributed by atoms with van der Waals surface area (Å²) in [6.07, 6.45) is 2.80. The lowest BCUT2D eigenvalue weighted by molar-refractivity contribution is -0.384. The number of carbonyl (C=O) groups is 2. The van der Waals surface area contributed by atoms with Crippen molar-refractivity contribution in [3.05, 3.63) is 81.4 Å². The van der Waals surface area contributed by atoms with Crippen molar-refractivity contribution < 1.29 is 19.6 Å². The Labute approximate surface area is 137 Å². The van der Waals surface area contributed by atoms with Crippen LogP contribution >= 0.6 is 0 Å². The largest absolute Gasteiger partial charge is 0.478 e. The second-order valence-electron chi connectivity index (χ2n) is 4.99. The smallest absolute Gasteiger partial charge is 0.335 e. The molecule has 0 spiro atoms. The van der Waals surface area contributed by atoms with Crippen LogP contribution in [0.15, 0.2) is 54.6 Å². The molecule has 7 nitrogen and oxygen atoms in total. The Kier molecular flexibility index (Phi) is 5.18. The molecule has 2 aromatic carbocycles. The Bertz CT molecular complexity index is 795. The zero-order valence-corrected chi connectivity index (χ0v) is 12.5. The molecule has 3 N–H and O–H groups in total. The molecule has 0 amide bonds. The predicted octanol–water partition coefficient (Wildman–Crippen LogP) is 2.58.